The Labute approximate surface area is 103 Å². The van der Waals surface area contributed by atoms with E-state index in [0.717, 1.165) is 31.1 Å². The van der Waals surface area contributed by atoms with Crippen molar-refractivity contribution in [2.24, 2.45) is 5.92 Å². The van der Waals surface area contributed by atoms with Gasteiger partial charge in [0, 0.05) is 6.54 Å². The smallest absolute Gasteiger partial charge is 0.0991 e. The highest BCUT2D eigenvalue weighted by Crippen LogP contribution is 2.09. The van der Waals surface area contributed by atoms with Crippen molar-refractivity contribution >= 4 is 0 Å². The molecule has 0 radical (unpaired) electrons. The van der Waals surface area contributed by atoms with Crippen molar-refractivity contribution in [2.45, 2.75) is 19.4 Å². The fraction of sp³-hybridized carbons (Fsp3) is 0.500. The molecule has 0 spiro atoms. The van der Waals surface area contributed by atoms with Gasteiger partial charge in [0.25, 0.3) is 0 Å². The minimum Gasteiger partial charge on any atom is -0.316 e. The van der Waals surface area contributed by atoms with E-state index in [4.69, 9.17) is 5.26 Å². The molecule has 3 nitrogen and oxygen atoms in total. The van der Waals surface area contributed by atoms with Crippen LogP contribution in [-0.4, -0.2) is 19.6 Å². The third-order valence-electron chi connectivity index (χ3n) is 3.24. The highest BCUT2D eigenvalue weighted by Gasteiger charge is 2.11. The first-order valence-corrected chi connectivity index (χ1v) is 6.29. The molecule has 90 valence electrons. The molecule has 1 saturated heterocycles. The van der Waals surface area contributed by atoms with Crippen LogP contribution in [-0.2, 0) is 6.54 Å². The molecule has 0 aliphatic carbocycles. The molecule has 0 saturated carbocycles. The maximum Gasteiger partial charge on any atom is 0.0991 e. The molecule has 0 bridgehead atoms. The fourth-order valence-electron chi connectivity index (χ4n) is 2.22. The molecule has 2 N–H and O–H groups in total. The van der Waals surface area contributed by atoms with Gasteiger partial charge in [0.2, 0.25) is 0 Å². The summed E-state index contributed by atoms with van der Waals surface area (Å²) in [7, 11) is 0. The van der Waals surface area contributed by atoms with E-state index in [0.29, 0.717) is 0 Å². The van der Waals surface area contributed by atoms with Crippen molar-refractivity contribution in [3.8, 4) is 6.07 Å². The summed E-state index contributed by atoms with van der Waals surface area (Å²) in [5, 5.41) is 15.6. The third kappa shape index (κ3) is 3.85. The normalized spacial score (nSPS) is 19.8. The van der Waals surface area contributed by atoms with Crippen LogP contribution in [0.2, 0.25) is 0 Å². The van der Waals surface area contributed by atoms with Crippen LogP contribution < -0.4 is 10.6 Å². The third-order valence-corrected chi connectivity index (χ3v) is 3.24. The Hall–Kier alpha value is -1.37. The van der Waals surface area contributed by atoms with Crippen LogP contribution in [0.5, 0.6) is 0 Å². The van der Waals surface area contributed by atoms with Gasteiger partial charge in [-0.25, -0.2) is 0 Å². The highest BCUT2D eigenvalue weighted by atomic mass is 14.9. The number of rotatable bonds is 4. The van der Waals surface area contributed by atoms with Gasteiger partial charge in [-0.3, -0.25) is 0 Å². The largest absolute Gasteiger partial charge is 0.316 e. The van der Waals surface area contributed by atoms with Crippen LogP contribution in [0.15, 0.2) is 24.3 Å². The second kappa shape index (κ2) is 6.39. The molecule has 2 rings (SSSR count). The minimum absolute atomic E-state index is 0.727. The van der Waals surface area contributed by atoms with E-state index in [1.165, 1.54) is 24.9 Å². The second-order valence-corrected chi connectivity index (χ2v) is 4.65. The van der Waals surface area contributed by atoms with Gasteiger partial charge in [-0.05, 0) is 56.1 Å². The lowest BCUT2D eigenvalue weighted by atomic mass is 10.00. The van der Waals surface area contributed by atoms with Crippen molar-refractivity contribution in [1.29, 1.82) is 5.26 Å². The Bertz CT molecular complexity index is 371. The van der Waals surface area contributed by atoms with Gasteiger partial charge in [-0.15, -0.1) is 0 Å². The highest BCUT2D eigenvalue weighted by molar-refractivity contribution is 5.31. The van der Waals surface area contributed by atoms with Gasteiger partial charge in [0.05, 0.1) is 11.6 Å². The quantitative estimate of drug-likeness (QED) is 0.825. The van der Waals surface area contributed by atoms with E-state index in [9.17, 15) is 0 Å². The standard InChI is InChI=1S/C14H19N3/c15-8-12-3-5-13(6-4-12)9-17-11-14-2-1-7-16-10-14/h3-6,14,16-17H,1-2,7,9-11H2. The average molecular weight is 229 g/mol. The van der Waals surface area contributed by atoms with Crippen molar-refractivity contribution in [3.05, 3.63) is 35.4 Å². The van der Waals surface area contributed by atoms with Gasteiger partial charge in [-0.1, -0.05) is 12.1 Å². The van der Waals surface area contributed by atoms with Gasteiger partial charge < -0.3 is 10.6 Å². The van der Waals surface area contributed by atoms with E-state index in [1.807, 2.05) is 24.3 Å². The van der Waals surface area contributed by atoms with Gasteiger partial charge >= 0.3 is 0 Å². The Balaban J connectivity index is 1.72. The predicted molar refractivity (Wildman–Crippen MR) is 68.5 cm³/mol. The maximum atomic E-state index is 8.70. The van der Waals surface area contributed by atoms with E-state index in [1.54, 1.807) is 0 Å². The van der Waals surface area contributed by atoms with Crippen molar-refractivity contribution in [1.82, 2.24) is 10.6 Å². The zero-order valence-electron chi connectivity index (χ0n) is 10.1. The molecule has 17 heavy (non-hydrogen) atoms. The lowest BCUT2D eigenvalue weighted by molar-refractivity contribution is 0.360. The van der Waals surface area contributed by atoms with Gasteiger partial charge in [-0.2, -0.15) is 5.26 Å². The molecule has 1 atom stereocenters. The Morgan fingerprint density at radius 2 is 2.18 bits per heavy atom. The molecule has 1 aromatic rings. The zero-order valence-corrected chi connectivity index (χ0v) is 10.1. The molecule has 1 aromatic carbocycles. The van der Waals surface area contributed by atoms with E-state index in [-0.39, 0.29) is 0 Å². The number of piperidine rings is 1. The molecule has 0 amide bonds. The lowest BCUT2D eigenvalue weighted by Crippen LogP contribution is -2.35. The molecule has 1 aliphatic heterocycles. The molecule has 1 fully saturated rings. The van der Waals surface area contributed by atoms with Crippen LogP contribution in [0, 0.1) is 17.2 Å². The van der Waals surface area contributed by atoms with Gasteiger partial charge in [0.15, 0.2) is 0 Å². The van der Waals surface area contributed by atoms with Crippen LogP contribution >= 0.6 is 0 Å². The van der Waals surface area contributed by atoms with Crippen LogP contribution in [0.3, 0.4) is 0 Å². The monoisotopic (exact) mass is 229 g/mol. The summed E-state index contributed by atoms with van der Waals surface area (Å²) >= 11 is 0. The lowest BCUT2D eigenvalue weighted by Gasteiger charge is -2.22. The van der Waals surface area contributed by atoms with Crippen LogP contribution in [0.4, 0.5) is 0 Å². The predicted octanol–water partition coefficient (Wildman–Crippen LogP) is 1.65. The number of nitrogens with zero attached hydrogens (tertiary/aromatic N) is 1. The summed E-state index contributed by atoms with van der Waals surface area (Å²) in [5.74, 6) is 0.766. The number of hydrogen-bond acceptors (Lipinski definition) is 3. The molecular formula is C14H19N3. The molecular weight excluding hydrogens is 210 g/mol. The Morgan fingerprint density at radius 3 is 2.82 bits per heavy atom. The summed E-state index contributed by atoms with van der Waals surface area (Å²) in [5.41, 5.74) is 1.97. The SMILES string of the molecule is N#Cc1ccc(CNCC2CCCNC2)cc1. The summed E-state index contributed by atoms with van der Waals surface area (Å²) in [6.07, 6.45) is 2.62. The van der Waals surface area contributed by atoms with Crippen molar-refractivity contribution in [3.63, 3.8) is 0 Å². The van der Waals surface area contributed by atoms with E-state index >= 15 is 0 Å². The van der Waals surface area contributed by atoms with E-state index < -0.39 is 0 Å². The summed E-state index contributed by atoms with van der Waals surface area (Å²) < 4.78 is 0. The zero-order chi connectivity index (χ0) is 11.9. The van der Waals surface area contributed by atoms with Crippen LogP contribution in [0.25, 0.3) is 0 Å². The van der Waals surface area contributed by atoms with E-state index in [2.05, 4.69) is 16.7 Å². The summed E-state index contributed by atoms with van der Waals surface area (Å²) in [4.78, 5) is 0. The fourth-order valence-corrected chi connectivity index (χ4v) is 2.22. The number of nitriles is 1. The first-order chi connectivity index (χ1) is 8.38. The van der Waals surface area contributed by atoms with Gasteiger partial charge in [0.1, 0.15) is 0 Å². The average Bonchev–Trinajstić information content (AvgIpc) is 2.41. The van der Waals surface area contributed by atoms with Crippen molar-refractivity contribution in [2.75, 3.05) is 19.6 Å². The maximum absolute atomic E-state index is 8.70. The molecule has 1 unspecified atom stereocenters. The van der Waals surface area contributed by atoms with Crippen molar-refractivity contribution < 1.29 is 0 Å². The number of nitrogens with one attached hydrogen (secondary N) is 2. The summed E-state index contributed by atoms with van der Waals surface area (Å²) in [6.45, 7) is 4.28. The second-order valence-electron chi connectivity index (χ2n) is 4.65. The summed E-state index contributed by atoms with van der Waals surface area (Å²) in [6, 6.07) is 9.92. The number of hydrogen-bond donors (Lipinski definition) is 2. The Morgan fingerprint density at radius 1 is 1.35 bits per heavy atom. The molecule has 0 aromatic heterocycles. The minimum atomic E-state index is 0.727. The first kappa shape index (κ1) is 12.1. The van der Waals surface area contributed by atoms with Crippen LogP contribution in [0.1, 0.15) is 24.0 Å². The number of benzene rings is 1. The molecule has 1 aliphatic rings. The molecule has 3 heteroatoms. The topological polar surface area (TPSA) is 47.9 Å². The Kier molecular flexibility index (Phi) is 4.54. The molecule has 1 heterocycles. The first-order valence-electron chi connectivity index (χ1n) is 6.29.